The summed E-state index contributed by atoms with van der Waals surface area (Å²) < 4.78 is 18.8. The molecule has 0 aliphatic rings. The lowest BCUT2D eigenvalue weighted by molar-refractivity contribution is 0.371. The Labute approximate surface area is 147 Å². The van der Waals surface area contributed by atoms with Crippen LogP contribution < -0.4 is 10.6 Å². The van der Waals surface area contributed by atoms with E-state index in [0.29, 0.717) is 36.9 Å². The SMILES string of the molecule is CCNC(=NCc1ccc(C)c(F)c1)NCCc1nc(C(C)C)no1. The first kappa shape index (κ1) is 18.9. The van der Waals surface area contributed by atoms with Gasteiger partial charge < -0.3 is 15.2 Å². The van der Waals surface area contributed by atoms with Gasteiger partial charge in [0.05, 0.1) is 6.54 Å². The molecule has 0 saturated carbocycles. The van der Waals surface area contributed by atoms with Crippen molar-refractivity contribution >= 4 is 5.96 Å². The molecule has 2 N–H and O–H groups in total. The van der Waals surface area contributed by atoms with E-state index in [1.807, 2.05) is 26.8 Å². The number of aromatic nitrogens is 2. The minimum atomic E-state index is -0.206. The fourth-order valence-corrected chi connectivity index (χ4v) is 2.14. The molecule has 1 heterocycles. The quantitative estimate of drug-likeness (QED) is 0.595. The molecule has 0 unspecified atom stereocenters. The van der Waals surface area contributed by atoms with Crippen molar-refractivity contribution in [3.05, 3.63) is 46.9 Å². The number of halogens is 1. The third kappa shape index (κ3) is 5.85. The molecule has 0 saturated heterocycles. The van der Waals surface area contributed by atoms with Crippen molar-refractivity contribution < 1.29 is 8.91 Å². The standard InChI is InChI=1S/C18H26FN5O/c1-5-20-18(22-11-14-7-6-13(4)15(19)10-14)21-9-8-16-23-17(12(2)3)24-25-16/h6-7,10,12H,5,8-9,11H2,1-4H3,(H2,20,21,22). The van der Waals surface area contributed by atoms with Crippen LogP contribution in [0.5, 0.6) is 0 Å². The number of guanidine groups is 1. The average Bonchev–Trinajstić information content (AvgIpc) is 3.05. The van der Waals surface area contributed by atoms with E-state index in [-0.39, 0.29) is 11.7 Å². The molecule has 0 aliphatic carbocycles. The minimum absolute atomic E-state index is 0.206. The van der Waals surface area contributed by atoms with Crippen LogP contribution in [0.2, 0.25) is 0 Å². The van der Waals surface area contributed by atoms with Crippen molar-refractivity contribution in [2.24, 2.45) is 4.99 Å². The number of aryl methyl sites for hydroxylation is 1. The molecular formula is C18H26FN5O. The van der Waals surface area contributed by atoms with Crippen LogP contribution in [-0.4, -0.2) is 29.2 Å². The maximum atomic E-state index is 13.6. The highest BCUT2D eigenvalue weighted by Gasteiger charge is 2.09. The molecule has 2 aromatic rings. The monoisotopic (exact) mass is 347 g/mol. The lowest BCUT2D eigenvalue weighted by atomic mass is 10.1. The second-order valence-corrected chi connectivity index (χ2v) is 6.16. The third-order valence-corrected chi connectivity index (χ3v) is 3.63. The predicted octanol–water partition coefficient (Wildman–Crippen LogP) is 2.94. The van der Waals surface area contributed by atoms with Crippen molar-refractivity contribution in [1.29, 1.82) is 0 Å². The van der Waals surface area contributed by atoms with Crippen molar-refractivity contribution in [1.82, 2.24) is 20.8 Å². The molecule has 6 nitrogen and oxygen atoms in total. The predicted molar refractivity (Wildman–Crippen MR) is 96.0 cm³/mol. The summed E-state index contributed by atoms with van der Waals surface area (Å²) in [4.78, 5) is 8.82. The van der Waals surface area contributed by atoms with Gasteiger partial charge >= 0.3 is 0 Å². The Morgan fingerprint density at radius 3 is 2.76 bits per heavy atom. The first-order chi connectivity index (χ1) is 12.0. The van der Waals surface area contributed by atoms with Crippen LogP contribution in [0.1, 0.15) is 49.5 Å². The fourth-order valence-electron chi connectivity index (χ4n) is 2.14. The molecule has 0 amide bonds. The molecule has 7 heteroatoms. The Bertz CT molecular complexity index is 711. The Balaban J connectivity index is 1.89. The van der Waals surface area contributed by atoms with Gasteiger partial charge in [0.15, 0.2) is 11.8 Å². The number of aliphatic imine (C=N–C) groups is 1. The average molecular weight is 347 g/mol. The van der Waals surface area contributed by atoms with Gasteiger partial charge in [-0.25, -0.2) is 9.38 Å². The Kier molecular flexibility index (Phi) is 6.91. The number of rotatable bonds is 7. The Morgan fingerprint density at radius 2 is 2.12 bits per heavy atom. The summed E-state index contributed by atoms with van der Waals surface area (Å²) in [6.07, 6.45) is 0.614. The Morgan fingerprint density at radius 1 is 1.32 bits per heavy atom. The van der Waals surface area contributed by atoms with E-state index >= 15 is 0 Å². The second-order valence-electron chi connectivity index (χ2n) is 6.16. The van der Waals surface area contributed by atoms with E-state index in [2.05, 4.69) is 25.8 Å². The van der Waals surface area contributed by atoms with Crippen LogP contribution in [0.4, 0.5) is 4.39 Å². The lowest BCUT2D eigenvalue weighted by Crippen LogP contribution is -2.38. The highest BCUT2D eigenvalue weighted by Crippen LogP contribution is 2.10. The van der Waals surface area contributed by atoms with Gasteiger partial charge in [-0.15, -0.1) is 0 Å². The van der Waals surface area contributed by atoms with E-state index in [1.165, 1.54) is 6.07 Å². The van der Waals surface area contributed by atoms with Gasteiger partial charge in [0.25, 0.3) is 0 Å². The number of benzene rings is 1. The highest BCUT2D eigenvalue weighted by atomic mass is 19.1. The van der Waals surface area contributed by atoms with E-state index in [9.17, 15) is 4.39 Å². The summed E-state index contributed by atoms with van der Waals surface area (Å²) >= 11 is 0. The van der Waals surface area contributed by atoms with Gasteiger partial charge in [0, 0.05) is 25.4 Å². The normalized spacial score (nSPS) is 11.8. The van der Waals surface area contributed by atoms with E-state index in [4.69, 9.17) is 4.52 Å². The van der Waals surface area contributed by atoms with Crippen LogP contribution in [0, 0.1) is 12.7 Å². The number of hydrogen-bond acceptors (Lipinski definition) is 4. The molecule has 0 bridgehead atoms. The van der Waals surface area contributed by atoms with Gasteiger partial charge in [-0.3, -0.25) is 0 Å². The van der Waals surface area contributed by atoms with Crippen LogP contribution in [0.15, 0.2) is 27.7 Å². The summed E-state index contributed by atoms with van der Waals surface area (Å²) in [6.45, 7) is 9.56. The van der Waals surface area contributed by atoms with Gasteiger partial charge in [-0.2, -0.15) is 4.98 Å². The molecule has 2 rings (SSSR count). The second kappa shape index (κ2) is 9.15. The summed E-state index contributed by atoms with van der Waals surface area (Å²) in [6, 6.07) is 5.17. The fraction of sp³-hybridized carbons (Fsp3) is 0.500. The van der Waals surface area contributed by atoms with Crippen molar-refractivity contribution in [3.63, 3.8) is 0 Å². The number of nitrogens with zero attached hydrogens (tertiary/aromatic N) is 3. The minimum Gasteiger partial charge on any atom is -0.357 e. The molecule has 1 aromatic heterocycles. The number of hydrogen-bond donors (Lipinski definition) is 2. The van der Waals surface area contributed by atoms with Crippen LogP contribution in [0.3, 0.4) is 0 Å². The Hall–Kier alpha value is -2.44. The van der Waals surface area contributed by atoms with Gasteiger partial charge in [0.2, 0.25) is 5.89 Å². The van der Waals surface area contributed by atoms with Crippen LogP contribution in [0.25, 0.3) is 0 Å². The molecule has 0 fully saturated rings. The summed E-state index contributed by atoms with van der Waals surface area (Å²) in [7, 11) is 0. The molecular weight excluding hydrogens is 321 g/mol. The van der Waals surface area contributed by atoms with Gasteiger partial charge in [0.1, 0.15) is 5.82 Å². The van der Waals surface area contributed by atoms with E-state index in [1.54, 1.807) is 13.0 Å². The van der Waals surface area contributed by atoms with Crippen molar-refractivity contribution in [2.45, 2.75) is 46.6 Å². The molecule has 0 spiro atoms. The zero-order valence-corrected chi connectivity index (χ0v) is 15.3. The van der Waals surface area contributed by atoms with Crippen LogP contribution >= 0.6 is 0 Å². The summed E-state index contributed by atoms with van der Waals surface area (Å²) in [5.74, 6) is 2.04. The van der Waals surface area contributed by atoms with Gasteiger partial charge in [-0.1, -0.05) is 31.1 Å². The molecule has 25 heavy (non-hydrogen) atoms. The first-order valence-electron chi connectivity index (χ1n) is 8.59. The molecule has 0 radical (unpaired) electrons. The van der Waals surface area contributed by atoms with E-state index in [0.717, 1.165) is 17.9 Å². The zero-order valence-electron chi connectivity index (χ0n) is 15.3. The maximum Gasteiger partial charge on any atom is 0.228 e. The van der Waals surface area contributed by atoms with E-state index < -0.39 is 0 Å². The van der Waals surface area contributed by atoms with Crippen molar-refractivity contribution in [2.75, 3.05) is 13.1 Å². The van der Waals surface area contributed by atoms with Crippen molar-refractivity contribution in [3.8, 4) is 0 Å². The highest BCUT2D eigenvalue weighted by molar-refractivity contribution is 5.79. The number of nitrogens with one attached hydrogen (secondary N) is 2. The largest absolute Gasteiger partial charge is 0.357 e. The van der Waals surface area contributed by atoms with Gasteiger partial charge in [-0.05, 0) is 31.0 Å². The van der Waals surface area contributed by atoms with Crippen LogP contribution in [-0.2, 0) is 13.0 Å². The summed E-state index contributed by atoms with van der Waals surface area (Å²) in [5.41, 5.74) is 1.47. The third-order valence-electron chi connectivity index (χ3n) is 3.63. The first-order valence-corrected chi connectivity index (χ1v) is 8.59. The molecule has 136 valence electrons. The maximum absolute atomic E-state index is 13.6. The molecule has 0 atom stereocenters. The molecule has 0 aliphatic heterocycles. The summed E-state index contributed by atoms with van der Waals surface area (Å²) in [5, 5.41) is 10.3. The molecule has 1 aromatic carbocycles. The zero-order chi connectivity index (χ0) is 18.2. The lowest BCUT2D eigenvalue weighted by Gasteiger charge is -2.10. The smallest absolute Gasteiger partial charge is 0.228 e. The topological polar surface area (TPSA) is 75.3 Å².